The second-order valence-electron chi connectivity index (χ2n) is 5.50. The standard InChI is InChI=1S/C17H19ClN2O3S/c1-13-3-9-16(10-4-13)24(22,23)12-19-17(21)11-20(2)15-7-5-14(18)6-8-15/h3-10H,11-12H2,1-2H3,(H,19,21). The minimum atomic E-state index is -3.55. The van der Waals surface area contributed by atoms with Gasteiger partial charge in [0.05, 0.1) is 11.4 Å². The quantitative estimate of drug-likeness (QED) is 0.853. The molecule has 0 bridgehead atoms. The van der Waals surface area contributed by atoms with Gasteiger partial charge in [0.15, 0.2) is 9.84 Å². The second kappa shape index (κ2) is 7.68. The fourth-order valence-corrected chi connectivity index (χ4v) is 3.26. The Labute approximate surface area is 147 Å². The van der Waals surface area contributed by atoms with Gasteiger partial charge in [-0.25, -0.2) is 8.42 Å². The number of aryl methyl sites for hydroxylation is 1. The molecule has 2 aromatic carbocycles. The third-order valence-electron chi connectivity index (χ3n) is 3.49. The highest BCUT2D eigenvalue weighted by Gasteiger charge is 2.16. The van der Waals surface area contributed by atoms with E-state index in [2.05, 4.69) is 5.32 Å². The maximum Gasteiger partial charge on any atom is 0.240 e. The molecule has 1 N–H and O–H groups in total. The van der Waals surface area contributed by atoms with Crippen molar-refractivity contribution in [1.29, 1.82) is 0 Å². The molecule has 5 nitrogen and oxygen atoms in total. The molecule has 2 aromatic rings. The molecule has 24 heavy (non-hydrogen) atoms. The fraction of sp³-hybridized carbons (Fsp3) is 0.235. The molecule has 1 amide bonds. The van der Waals surface area contributed by atoms with E-state index in [0.717, 1.165) is 11.3 Å². The number of halogens is 1. The number of anilines is 1. The van der Waals surface area contributed by atoms with Gasteiger partial charge >= 0.3 is 0 Å². The zero-order valence-electron chi connectivity index (χ0n) is 13.5. The molecular formula is C17H19ClN2O3S. The number of carbonyl (C=O) groups is 1. The summed E-state index contributed by atoms with van der Waals surface area (Å²) in [6.45, 7) is 1.93. The van der Waals surface area contributed by atoms with E-state index in [-0.39, 0.29) is 17.3 Å². The van der Waals surface area contributed by atoms with E-state index in [1.165, 1.54) is 12.1 Å². The average Bonchev–Trinajstić information content (AvgIpc) is 2.54. The number of rotatable bonds is 6. The van der Waals surface area contributed by atoms with Crippen LogP contribution in [0.25, 0.3) is 0 Å². The van der Waals surface area contributed by atoms with Crippen LogP contribution in [-0.4, -0.2) is 33.8 Å². The smallest absolute Gasteiger partial charge is 0.240 e. The average molecular weight is 367 g/mol. The van der Waals surface area contributed by atoms with Gasteiger partial charge in [-0.1, -0.05) is 29.3 Å². The van der Waals surface area contributed by atoms with Crippen LogP contribution in [0.15, 0.2) is 53.4 Å². The number of amides is 1. The van der Waals surface area contributed by atoms with Crippen molar-refractivity contribution in [2.24, 2.45) is 0 Å². The normalized spacial score (nSPS) is 11.1. The monoisotopic (exact) mass is 366 g/mol. The fourth-order valence-electron chi connectivity index (χ4n) is 2.06. The van der Waals surface area contributed by atoms with E-state index < -0.39 is 15.7 Å². The number of hydrogen-bond donors (Lipinski definition) is 1. The van der Waals surface area contributed by atoms with Crippen LogP contribution in [-0.2, 0) is 14.6 Å². The van der Waals surface area contributed by atoms with Gasteiger partial charge in [-0.3, -0.25) is 4.79 Å². The summed E-state index contributed by atoms with van der Waals surface area (Å²) in [5, 5.41) is 3.07. The lowest BCUT2D eigenvalue weighted by Crippen LogP contribution is -2.37. The number of sulfone groups is 1. The van der Waals surface area contributed by atoms with Gasteiger partial charge in [0.2, 0.25) is 5.91 Å². The molecule has 0 saturated carbocycles. The highest BCUT2D eigenvalue weighted by atomic mass is 35.5. The Morgan fingerprint density at radius 2 is 1.67 bits per heavy atom. The molecule has 128 valence electrons. The van der Waals surface area contributed by atoms with Crippen LogP contribution in [0.5, 0.6) is 0 Å². The molecule has 0 fully saturated rings. The van der Waals surface area contributed by atoms with Crippen molar-refractivity contribution >= 4 is 33.0 Å². The Hall–Kier alpha value is -2.05. The highest BCUT2D eigenvalue weighted by molar-refractivity contribution is 7.91. The summed E-state index contributed by atoms with van der Waals surface area (Å²) in [6, 6.07) is 13.6. The van der Waals surface area contributed by atoms with E-state index in [0.29, 0.717) is 5.02 Å². The molecule has 0 radical (unpaired) electrons. The van der Waals surface area contributed by atoms with E-state index in [4.69, 9.17) is 11.6 Å². The van der Waals surface area contributed by atoms with Gasteiger partial charge in [-0.2, -0.15) is 0 Å². The number of nitrogens with one attached hydrogen (secondary N) is 1. The van der Waals surface area contributed by atoms with Crippen molar-refractivity contribution in [3.8, 4) is 0 Å². The summed E-state index contributed by atoms with van der Waals surface area (Å²) in [5.74, 6) is -0.799. The predicted octanol–water partition coefficient (Wildman–Crippen LogP) is 2.63. The maximum atomic E-state index is 12.2. The van der Waals surface area contributed by atoms with Gasteiger partial charge in [-0.05, 0) is 43.3 Å². The first-order valence-corrected chi connectivity index (χ1v) is 9.34. The van der Waals surface area contributed by atoms with Crippen LogP contribution < -0.4 is 10.2 Å². The van der Waals surface area contributed by atoms with Crippen molar-refractivity contribution < 1.29 is 13.2 Å². The number of likely N-dealkylation sites (N-methyl/N-ethyl adjacent to an activating group) is 1. The zero-order valence-corrected chi connectivity index (χ0v) is 15.1. The van der Waals surface area contributed by atoms with E-state index in [1.807, 2.05) is 6.92 Å². The Balaban J connectivity index is 1.92. The molecule has 0 aromatic heterocycles. The number of benzene rings is 2. The minimum absolute atomic E-state index is 0.0467. The number of nitrogens with zero attached hydrogens (tertiary/aromatic N) is 1. The number of hydrogen-bond acceptors (Lipinski definition) is 4. The SMILES string of the molecule is Cc1ccc(S(=O)(=O)CNC(=O)CN(C)c2ccc(Cl)cc2)cc1. The van der Waals surface area contributed by atoms with Gasteiger partial charge in [0.1, 0.15) is 5.88 Å². The minimum Gasteiger partial charge on any atom is -0.365 e. The highest BCUT2D eigenvalue weighted by Crippen LogP contribution is 2.16. The summed E-state index contributed by atoms with van der Waals surface area (Å²) in [5.41, 5.74) is 1.79. The van der Waals surface area contributed by atoms with E-state index in [9.17, 15) is 13.2 Å². The molecule has 0 aliphatic carbocycles. The Morgan fingerprint density at radius 3 is 2.25 bits per heavy atom. The summed E-state index contributed by atoms with van der Waals surface area (Å²) in [4.78, 5) is 13.9. The lowest BCUT2D eigenvalue weighted by molar-refractivity contribution is -0.119. The molecule has 0 atom stereocenters. The van der Waals surface area contributed by atoms with Crippen LogP contribution in [0.4, 0.5) is 5.69 Å². The molecule has 0 saturated heterocycles. The van der Waals surface area contributed by atoms with Crippen LogP contribution in [0.3, 0.4) is 0 Å². The first kappa shape index (κ1) is 18.3. The van der Waals surface area contributed by atoms with Crippen LogP contribution in [0.1, 0.15) is 5.56 Å². The Morgan fingerprint density at radius 1 is 1.08 bits per heavy atom. The van der Waals surface area contributed by atoms with Crippen molar-refractivity contribution in [3.05, 3.63) is 59.1 Å². The third-order valence-corrected chi connectivity index (χ3v) is 5.25. The second-order valence-corrected chi connectivity index (χ2v) is 7.93. The lowest BCUT2D eigenvalue weighted by atomic mass is 10.2. The molecule has 0 heterocycles. The van der Waals surface area contributed by atoms with Crippen LogP contribution in [0, 0.1) is 6.92 Å². The van der Waals surface area contributed by atoms with Crippen LogP contribution >= 0.6 is 11.6 Å². The van der Waals surface area contributed by atoms with Gasteiger partial charge in [0.25, 0.3) is 0 Å². The molecule has 0 spiro atoms. The first-order chi connectivity index (χ1) is 11.3. The third kappa shape index (κ3) is 4.97. The van der Waals surface area contributed by atoms with Crippen molar-refractivity contribution in [1.82, 2.24) is 5.32 Å². The van der Waals surface area contributed by atoms with Gasteiger partial charge in [-0.15, -0.1) is 0 Å². The Bertz CT molecular complexity index is 803. The topological polar surface area (TPSA) is 66.5 Å². The molecule has 0 aliphatic heterocycles. The molecule has 0 aliphatic rings. The molecular weight excluding hydrogens is 348 g/mol. The van der Waals surface area contributed by atoms with Crippen molar-refractivity contribution in [2.75, 3.05) is 24.4 Å². The predicted molar refractivity (Wildman–Crippen MR) is 96.1 cm³/mol. The van der Waals surface area contributed by atoms with E-state index >= 15 is 0 Å². The Kier molecular flexibility index (Phi) is 5.85. The lowest BCUT2D eigenvalue weighted by Gasteiger charge is -2.18. The maximum absolute atomic E-state index is 12.2. The molecule has 2 rings (SSSR count). The summed E-state index contributed by atoms with van der Waals surface area (Å²) in [6.07, 6.45) is 0. The zero-order chi connectivity index (χ0) is 17.7. The van der Waals surface area contributed by atoms with Gasteiger partial charge in [0, 0.05) is 17.8 Å². The number of carbonyl (C=O) groups excluding carboxylic acids is 1. The molecule has 7 heteroatoms. The largest absolute Gasteiger partial charge is 0.365 e. The summed E-state index contributed by atoms with van der Waals surface area (Å²) in [7, 11) is -1.80. The van der Waals surface area contributed by atoms with Crippen LogP contribution in [0.2, 0.25) is 5.02 Å². The van der Waals surface area contributed by atoms with Gasteiger partial charge < -0.3 is 10.2 Å². The van der Waals surface area contributed by atoms with E-state index in [1.54, 1.807) is 48.3 Å². The summed E-state index contributed by atoms with van der Waals surface area (Å²) < 4.78 is 24.4. The van der Waals surface area contributed by atoms with Crippen molar-refractivity contribution in [3.63, 3.8) is 0 Å². The molecule has 0 unspecified atom stereocenters. The van der Waals surface area contributed by atoms with Crippen molar-refractivity contribution in [2.45, 2.75) is 11.8 Å². The first-order valence-electron chi connectivity index (χ1n) is 7.31. The summed E-state index contributed by atoms with van der Waals surface area (Å²) >= 11 is 5.83.